The summed E-state index contributed by atoms with van der Waals surface area (Å²) in [5.74, 6) is 0.621. The molecule has 0 aliphatic carbocycles. The van der Waals surface area contributed by atoms with E-state index in [1.807, 2.05) is 24.3 Å². The monoisotopic (exact) mass is 389 g/mol. The van der Waals surface area contributed by atoms with Gasteiger partial charge in [0.1, 0.15) is 10.8 Å². The predicted octanol–water partition coefficient (Wildman–Crippen LogP) is 4.29. The summed E-state index contributed by atoms with van der Waals surface area (Å²) in [6, 6.07) is 11.8. The van der Waals surface area contributed by atoms with Gasteiger partial charge in [0.15, 0.2) is 6.61 Å². The Morgan fingerprint density at radius 2 is 2.04 bits per heavy atom. The molecule has 0 saturated carbocycles. The van der Waals surface area contributed by atoms with E-state index in [1.54, 1.807) is 6.07 Å². The Morgan fingerprint density at radius 3 is 2.67 bits per heavy atom. The summed E-state index contributed by atoms with van der Waals surface area (Å²) in [6.45, 7) is 4.08. The third-order valence-electron chi connectivity index (χ3n) is 4.00. The molecular formula is C19H20ClN3O4. The van der Waals surface area contributed by atoms with Gasteiger partial charge in [-0.3, -0.25) is 14.9 Å². The molecule has 8 heteroatoms. The second kappa shape index (κ2) is 9.68. The molecule has 1 N–H and O–H groups in total. The third kappa shape index (κ3) is 6.07. The fourth-order valence-corrected chi connectivity index (χ4v) is 2.42. The van der Waals surface area contributed by atoms with Crippen molar-refractivity contribution in [3.63, 3.8) is 0 Å². The molecule has 0 heterocycles. The molecule has 1 atom stereocenters. The van der Waals surface area contributed by atoms with Gasteiger partial charge in [-0.15, -0.1) is 0 Å². The zero-order valence-electron chi connectivity index (χ0n) is 15.0. The number of hydrogen-bond acceptors (Lipinski definition) is 5. The molecule has 0 fully saturated rings. The molecule has 1 amide bonds. The third-order valence-corrected chi connectivity index (χ3v) is 4.32. The van der Waals surface area contributed by atoms with Crippen LogP contribution in [0.25, 0.3) is 0 Å². The first-order valence-corrected chi connectivity index (χ1v) is 8.77. The van der Waals surface area contributed by atoms with E-state index in [2.05, 4.69) is 24.4 Å². The lowest BCUT2D eigenvalue weighted by Crippen LogP contribution is -2.24. The van der Waals surface area contributed by atoms with E-state index >= 15 is 0 Å². The Kier molecular flexibility index (Phi) is 7.31. The molecule has 2 aromatic carbocycles. The lowest BCUT2D eigenvalue weighted by molar-refractivity contribution is -0.384. The number of halogens is 1. The van der Waals surface area contributed by atoms with Crippen LogP contribution in [-0.4, -0.2) is 23.7 Å². The van der Waals surface area contributed by atoms with E-state index in [9.17, 15) is 14.9 Å². The highest BCUT2D eigenvalue weighted by atomic mass is 35.5. The van der Waals surface area contributed by atoms with Crippen LogP contribution in [0.5, 0.6) is 5.75 Å². The molecular weight excluding hydrogens is 370 g/mol. The summed E-state index contributed by atoms with van der Waals surface area (Å²) in [6.07, 6.45) is 2.35. The second-order valence-electron chi connectivity index (χ2n) is 5.93. The van der Waals surface area contributed by atoms with Crippen LogP contribution in [0, 0.1) is 10.1 Å². The van der Waals surface area contributed by atoms with Crippen molar-refractivity contribution in [3.05, 3.63) is 68.7 Å². The number of hydrazone groups is 1. The van der Waals surface area contributed by atoms with Crippen molar-refractivity contribution < 1.29 is 14.5 Å². The summed E-state index contributed by atoms with van der Waals surface area (Å²) in [5, 5.41) is 14.6. The zero-order valence-corrected chi connectivity index (χ0v) is 15.8. The first-order valence-electron chi connectivity index (χ1n) is 8.39. The molecule has 2 aromatic rings. The van der Waals surface area contributed by atoms with Gasteiger partial charge in [-0.05, 0) is 36.1 Å². The van der Waals surface area contributed by atoms with E-state index in [1.165, 1.54) is 23.9 Å². The molecule has 0 aromatic heterocycles. The van der Waals surface area contributed by atoms with Crippen molar-refractivity contribution in [1.82, 2.24) is 5.43 Å². The van der Waals surface area contributed by atoms with Gasteiger partial charge < -0.3 is 4.74 Å². The van der Waals surface area contributed by atoms with E-state index in [0.717, 1.165) is 6.42 Å². The average Bonchev–Trinajstić information content (AvgIpc) is 2.67. The van der Waals surface area contributed by atoms with Crippen LogP contribution in [0.3, 0.4) is 0 Å². The smallest absolute Gasteiger partial charge is 0.288 e. The van der Waals surface area contributed by atoms with Gasteiger partial charge in [0, 0.05) is 11.6 Å². The first kappa shape index (κ1) is 20.4. The van der Waals surface area contributed by atoms with Gasteiger partial charge in [-0.25, -0.2) is 5.43 Å². The van der Waals surface area contributed by atoms with Crippen LogP contribution < -0.4 is 10.2 Å². The molecule has 27 heavy (non-hydrogen) atoms. The highest BCUT2D eigenvalue weighted by molar-refractivity contribution is 6.32. The van der Waals surface area contributed by atoms with Crippen molar-refractivity contribution >= 4 is 29.4 Å². The molecule has 7 nitrogen and oxygen atoms in total. The molecule has 142 valence electrons. The van der Waals surface area contributed by atoms with E-state index in [-0.39, 0.29) is 17.3 Å². The lowest BCUT2D eigenvalue weighted by Gasteiger charge is -2.10. The Balaban J connectivity index is 1.85. The summed E-state index contributed by atoms with van der Waals surface area (Å²) < 4.78 is 5.41. The van der Waals surface area contributed by atoms with E-state index < -0.39 is 10.8 Å². The quantitative estimate of drug-likeness (QED) is 0.414. The number of ether oxygens (including phenoxy) is 1. The minimum Gasteiger partial charge on any atom is -0.484 e. The predicted molar refractivity (Wildman–Crippen MR) is 104 cm³/mol. The number of nitrogens with one attached hydrogen (secondary N) is 1. The molecule has 0 aliphatic rings. The summed E-state index contributed by atoms with van der Waals surface area (Å²) >= 11 is 5.74. The van der Waals surface area contributed by atoms with Crippen molar-refractivity contribution in [2.75, 3.05) is 6.61 Å². The van der Waals surface area contributed by atoms with Crippen molar-refractivity contribution in [3.8, 4) is 5.75 Å². The van der Waals surface area contributed by atoms with Crippen LogP contribution in [0.4, 0.5) is 5.69 Å². The number of carbonyl (C=O) groups excluding carboxylic acids is 1. The minimum atomic E-state index is -0.585. The maximum Gasteiger partial charge on any atom is 0.288 e. The maximum atomic E-state index is 11.8. The van der Waals surface area contributed by atoms with Gasteiger partial charge in [0.25, 0.3) is 11.6 Å². The number of hydrogen-bond donors (Lipinski definition) is 1. The normalized spacial score (nSPS) is 12.0. The van der Waals surface area contributed by atoms with E-state index in [0.29, 0.717) is 17.2 Å². The van der Waals surface area contributed by atoms with Gasteiger partial charge in [-0.2, -0.15) is 5.10 Å². The fourth-order valence-electron chi connectivity index (χ4n) is 2.24. The Bertz CT molecular complexity index is 837. The fraction of sp³-hybridized carbons (Fsp3) is 0.263. The van der Waals surface area contributed by atoms with Gasteiger partial charge in [0.05, 0.1) is 11.1 Å². The molecule has 0 bridgehead atoms. The number of benzene rings is 2. The molecule has 0 radical (unpaired) electrons. The van der Waals surface area contributed by atoms with Crippen molar-refractivity contribution in [2.24, 2.45) is 5.10 Å². The molecule has 2 rings (SSSR count). The van der Waals surface area contributed by atoms with Crippen molar-refractivity contribution in [2.45, 2.75) is 26.2 Å². The number of amides is 1. The highest BCUT2D eigenvalue weighted by Crippen LogP contribution is 2.24. The summed E-state index contributed by atoms with van der Waals surface area (Å²) in [5.41, 5.74) is 3.74. The lowest BCUT2D eigenvalue weighted by atomic mass is 9.99. The Labute approximate surface area is 162 Å². The van der Waals surface area contributed by atoms with Crippen LogP contribution in [-0.2, 0) is 4.79 Å². The van der Waals surface area contributed by atoms with Crippen LogP contribution in [0.2, 0.25) is 5.02 Å². The second-order valence-corrected chi connectivity index (χ2v) is 6.34. The summed E-state index contributed by atoms with van der Waals surface area (Å²) in [7, 11) is 0. The minimum absolute atomic E-state index is 0.0361. The number of nitrogens with zero attached hydrogens (tertiary/aromatic N) is 2. The topological polar surface area (TPSA) is 93.8 Å². The molecule has 0 aliphatic heterocycles. The number of nitro groups is 1. The van der Waals surface area contributed by atoms with Gasteiger partial charge in [0.2, 0.25) is 0 Å². The number of carbonyl (C=O) groups is 1. The number of rotatable bonds is 8. The Morgan fingerprint density at radius 1 is 1.33 bits per heavy atom. The average molecular weight is 390 g/mol. The molecule has 0 saturated heterocycles. The maximum absolute atomic E-state index is 11.8. The number of nitro benzene ring substituents is 1. The van der Waals surface area contributed by atoms with Crippen LogP contribution >= 0.6 is 11.6 Å². The SMILES string of the molecule is CCC(C)c1ccc(OCC(=O)NN=Cc2ccc(Cl)c([N+](=O)[O-])c2)cc1. The highest BCUT2D eigenvalue weighted by Gasteiger charge is 2.12. The Hall–Kier alpha value is -2.93. The van der Waals surface area contributed by atoms with E-state index in [4.69, 9.17) is 16.3 Å². The van der Waals surface area contributed by atoms with Gasteiger partial charge in [-0.1, -0.05) is 43.6 Å². The van der Waals surface area contributed by atoms with Crippen LogP contribution in [0.1, 0.15) is 37.3 Å². The van der Waals surface area contributed by atoms with Crippen molar-refractivity contribution in [1.29, 1.82) is 0 Å². The summed E-state index contributed by atoms with van der Waals surface area (Å²) in [4.78, 5) is 22.0. The zero-order chi connectivity index (χ0) is 19.8. The van der Waals surface area contributed by atoms with Crippen LogP contribution in [0.15, 0.2) is 47.6 Å². The molecule has 0 spiro atoms. The molecule has 1 unspecified atom stereocenters. The first-order chi connectivity index (χ1) is 12.9. The largest absolute Gasteiger partial charge is 0.484 e. The van der Waals surface area contributed by atoms with Gasteiger partial charge >= 0.3 is 0 Å². The standard InChI is InChI=1S/C19H20ClN3O4/c1-3-13(2)15-5-7-16(8-6-15)27-12-19(24)22-21-11-14-4-9-17(20)18(10-14)23(25)26/h4-11,13H,3,12H2,1-2H3,(H,22,24).